The van der Waals surface area contributed by atoms with E-state index in [2.05, 4.69) is 78.8 Å². The maximum Gasteiger partial charge on any atom is 0.00919 e. The van der Waals surface area contributed by atoms with Gasteiger partial charge in [-0.05, 0) is 86.4 Å². The predicted octanol–water partition coefficient (Wildman–Crippen LogP) is 9.68. The zero-order chi connectivity index (χ0) is 23.3. The first kappa shape index (κ1) is 26.2. The molecule has 0 aliphatic heterocycles. The van der Waals surface area contributed by atoms with Crippen molar-refractivity contribution in [2.45, 2.75) is 91.9 Å². The molecule has 0 aromatic rings. The highest BCUT2D eigenvalue weighted by Gasteiger charge is 2.37. The van der Waals surface area contributed by atoms with E-state index in [1.54, 1.807) is 16.7 Å². The maximum absolute atomic E-state index is 2.54. The molecule has 0 radical (unpaired) electrons. The highest BCUT2D eigenvalue weighted by molar-refractivity contribution is 7.58. The van der Waals surface area contributed by atoms with Crippen LogP contribution < -0.4 is 0 Å². The molecule has 3 aliphatic rings. The Balaban J connectivity index is 2.04. The van der Waals surface area contributed by atoms with E-state index in [-0.39, 0.29) is 15.8 Å². The van der Waals surface area contributed by atoms with Crippen LogP contribution in [-0.2, 0) is 0 Å². The minimum atomic E-state index is 0.0302. The Labute approximate surface area is 202 Å². The summed E-state index contributed by atoms with van der Waals surface area (Å²) >= 11 is 0. The third-order valence-corrected chi connectivity index (χ3v) is 14.7. The van der Waals surface area contributed by atoms with Crippen molar-refractivity contribution < 1.29 is 0 Å². The van der Waals surface area contributed by atoms with Crippen LogP contribution in [-0.4, -0.2) is 36.0 Å². The molecule has 0 fully saturated rings. The summed E-state index contributed by atoms with van der Waals surface area (Å²) in [6.45, 7) is 17.1. The molecule has 0 aromatic heterocycles. The summed E-state index contributed by atoms with van der Waals surface area (Å²) in [4.78, 5) is 0. The molecule has 0 saturated heterocycles. The Morgan fingerprint density at radius 1 is 1.00 bits per heavy atom. The van der Waals surface area contributed by atoms with Crippen molar-refractivity contribution >= 4 is 15.8 Å². The van der Waals surface area contributed by atoms with Crippen LogP contribution in [0.15, 0.2) is 58.2 Å². The fraction of sp³-hybridized carbons (Fsp3) is 0.667. The van der Waals surface area contributed by atoms with E-state index >= 15 is 0 Å². The molecular weight excluding hydrogens is 422 g/mol. The Morgan fingerprint density at radius 2 is 1.69 bits per heavy atom. The average molecular weight is 471 g/mol. The molecule has 3 rings (SSSR count). The van der Waals surface area contributed by atoms with Crippen molar-refractivity contribution in [2.24, 2.45) is 11.8 Å². The molecule has 0 amide bonds. The summed E-state index contributed by atoms with van der Waals surface area (Å²) in [7, 11) is 0.142. The standard InChI is InChI=1S/C30H48P2/c1-8-24-22(6)16-13-20-28(24)30(32(11-4)12-5)29-21-15-19-27(29)26-18-14-17-25(26)23(7)31(9-2)10-3/h14-15,17-19,23,25,28,30H,8-13,16,20-21H2,1-7H3/t23-,25?,28?,30-/m1/s1. The molecule has 0 saturated carbocycles. The van der Waals surface area contributed by atoms with E-state index in [1.165, 1.54) is 56.8 Å². The van der Waals surface area contributed by atoms with Crippen LogP contribution in [0, 0.1) is 11.8 Å². The third-order valence-electron chi connectivity index (χ3n) is 8.53. The van der Waals surface area contributed by atoms with Gasteiger partial charge in [-0.1, -0.05) is 96.6 Å². The van der Waals surface area contributed by atoms with Crippen molar-refractivity contribution in [1.29, 1.82) is 0 Å². The van der Waals surface area contributed by atoms with Crippen LogP contribution in [0.25, 0.3) is 0 Å². The predicted molar refractivity (Wildman–Crippen MR) is 151 cm³/mol. The normalized spacial score (nSPS) is 25.5. The van der Waals surface area contributed by atoms with Gasteiger partial charge in [0.05, 0.1) is 0 Å². The van der Waals surface area contributed by atoms with Gasteiger partial charge >= 0.3 is 0 Å². The van der Waals surface area contributed by atoms with E-state index in [0.29, 0.717) is 5.92 Å². The van der Waals surface area contributed by atoms with Crippen molar-refractivity contribution in [3.05, 3.63) is 58.2 Å². The summed E-state index contributed by atoms with van der Waals surface area (Å²) < 4.78 is 0. The van der Waals surface area contributed by atoms with Gasteiger partial charge in [0, 0.05) is 11.6 Å². The highest BCUT2D eigenvalue weighted by Crippen LogP contribution is 2.56. The Hall–Kier alpha value is -0.440. The van der Waals surface area contributed by atoms with Crippen LogP contribution in [0.5, 0.6) is 0 Å². The summed E-state index contributed by atoms with van der Waals surface area (Å²) in [6, 6.07) is 0. The van der Waals surface area contributed by atoms with Crippen molar-refractivity contribution in [1.82, 2.24) is 0 Å². The van der Waals surface area contributed by atoms with Gasteiger partial charge < -0.3 is 0 Å². The summed E-state index contributed by atoms with van der Waals surface area (Å²) in [5.74, 6) is 1.41. The molecule has 0 spiro atoms. The van der Waals surface area contributed by atoms with Crippen LogP contribution in [0.3, 0.4) is 0 Å². The first-order valence-corrected chi connectivity index (χ1v) is 17.0. The molecule has 2 heteroatoms. The lowest BCUT2D eigenvalue weighted by atomic mass is 9.77. The molecule has 32 heavy (non-hydrogen) atoms. The molecule has 0 bridgehead atoms. The first-order chi connectivity index (χ1) is 15.5. The molecule has 178 valence electrons. The number of allylic oxidation sites excluding steroid dienone is 10. The Morgan fingerprint density at radius 3 is 2.31 bits per heavy atom. The topological polar surface area (TPSA) is 0 Å². The van der Waals surface area contributed by atoms with Crippen LogP contribution in [0.2, 0.25) is 0 Å². The quantitative estimate of drug-likeness (QED) is 0.208. The molecule has 0 aromatic carbocycles. The zero-order valence-corrected chi connectivity index (χ0v) is 23.7. The van der Waals surface area contributed by atoms with Gasteiger partial charge in [0.25, 0.3) is 0 Å². The SMILES string of the molecule is CCC1=C(C)CCCC1[C@H](C1=C(C2=CC=CC2[C@@H](C)P(CC)CC)C=CC1)P(CC)CC. The van der Waals surface area contributed by atoms with Crippen molar-refractivity contribution in [3.63, 3.8) is 0 Å². The maximum atomic E-state index is 2.54. The van der Waals surface area contributed by atoms with Gasteiger partial charge in [-0.15, -0.1) is 7.92 Å². The summed E-state index contributed by atoms with van der Waals surface area (Å²) in [5, 5.41) is 0. The van der Waals surface area contributed by atoms with Gasteiger partial charge in [0.15, 0.2) is 0 Å². The van der Waals surface area contributed by atoms with E-state index in [1.807, 2.05) is 11.1 Å². The molecule has 0 nitrogen and oxygen atoms in total. The second-order valence-electron chi connectivity index (χ2n) is 9.86. The van der Waals surface area contributed by atoms with E-state index in [9.17, 15) is 0 Å². The van der Waals surface area contributed by atoms with Crippen molar-refractivity contribution in [3.8, 4) is 0 Å². The lowest BCUT2D eigenvalue weighted by molar-refractivity contribution is 0.483. The molecule has 0 N–H and O–H groups in total. The number of hydrogen-bond donors (Lipinski definition) is 0. The minimum absolute atomic E-state index is 0.0302. The molecule has 4 atom stereocenters. The van der Waals surface area contributed by atoms with Gasteiger partial charge in [-0.2, -0.15) is 0 Å². The van der Waals surface area contributed by atoms with Gasteiger partial charge in [-0.25, -0.2) is 0 Å². The third kappa shape index (κ3) is 5.28. The summed E-state index contributed by atoms with van der Waals surface area (Å²) in [6.07, 6.45) is 24.4. The van der Waals surface area contributed by atoms with Gasteiger partial charge in [0.1, 0.15) is 0 Å². The van der Waals surface area contributed by atoms with Crippen LogP contribution in [0.1, 0.15) is 80.6 Å². The van der Waals surface area contributed by atoms with Gasteiger partial charge in [-0.3, -0.25) is 0 Å². The fourth-order valence-electron chi connectivity index (χ4n) is 6.78. The number of rotatable bonds is 11. The van der Waals surface area contributed by atoms with Gasteiger partial charge in [0.2, 0.25) is 0 Å². The minimum Gasteiger partial charge on any atom is -0.103 e. The monoisotopic (exact) mass is 470 g/mol. The number of hydrogen-bond acceptors (Lipinski definition) is 0. The average Bonchev–Trinajstić information content (AvgIpc) is 3.47. The van der Waals surface area contributed by atoms with E-state index < -0.39 is 0 Å². The van der Waals surface area contributed by atoms with Crippen molar-refractivity contribution in [2.75, 3.05) is 24.6 Å². The lowest BCUT2D eigenvalue weighted by Crippen LogP contribution is -2.28. The summed E-state index contributed by atoms with van der Waals surface area (Å²) in [5.41, 5.74) is 10.2. The molecule has 0 heterocycles. The molecule has 2 unspecified atom stereocenters. The highest BCUT2D eigenvalue weighted by atomic mass is 31.1. The van der Waals surface area contributed by atoms with Crippen LogP contribution >= 0.6 is 15.8 Å². The Kier molecular flexibility index (Phi) is 10.1. The largest absolute Gasteiger partial charge is 0.103 e. The van der Waals surface area contributed by atoms with Crippen LogP contribution in [0.4, 0.5) is 0 Å². The first-order valence-electron chi connectivity index (χ1n) is 13.5. The van der Waals surface area contributed by atoms with E-state index in [4.69, 9.17) is 0 Å². The zero-order valence-electron chi connectivity index (χ0n) is 22.0. The second-order valence-corrected chi connectivity index (χ2v) is 16.1. The van der Waals surface area contributed by atoms with E-state index in [0.717, 1.165) is 17.2 Å². The molecular formula is C30H48P2. The second kappa shape index (κ2) is 12.3. The Bertz CT molecular complexity index is 786. The fourth-order valence-corrected chi connectivity index (χ4v) is 11.8. The lowest BCUT2D eigenvalue weighted by Gasteiger charge is -2.40. The molecule has 3 aliphatic carbocycles. The smallest absolute Gasteiger partial charge is 0.00919 e.